The lowest BCUT2D eigenvalue weighted by Crippen LogP contribution is -2.49. The molecule has 1 aliphatic heterocycles. The molecule has 1 atom stereocenters. The van der Waals surface area contributed by atoms with Crippen molar-refractivity contribution in [2.45, 2.75) is 25.8 Å². The van der Waals surface area contributed by atoms with E-state index in [-0.39, 0.29) is 18.4 Å². The molecule has 1 fully saturated rings. The van der Waals surface area contributed by atoms with Crippen molar-refractivity contribution in [2.75, 3.05) is 11.9 Å². The average Bonchev–Trinajstić information content (AvgIpc) is 2.65. The van der Waals surface area contributed by atoms with Crippen molar-refractivity contribution in [3.8, 4) is 0 Å². The van der Waals surface area contributed by atoms with Crippen LogP contribution in [0.25, 0.3) is 0 Å². The Kier molecular flexibility index (Phi) is 4.32. The van der Waals surface area contributed by atoms with E-state index in [2.05, 4.69) is 26.6 Å². The maximum absolute atomic E-state index is 12.1. The number of nitrogens with zero attached hydrogens (tertiary/aromatic N) is 1. The number of hydrogen-bond donors (Lipinski definition) is 2. The molecule has 0 spiro atoms. The van der Waals surface area contributed by atoms with Gasteiger partial charge < -0.3 is 10.2 Å². The van der Waals surface area contributed by atoms with Gasteiger partial charge in [-0.15, -0.1) is 0 Å². The summed E-state index contributed by atoms with van der Waals surface area (Å²) in [7, 11) is 0. The molecule has 1 aromatic rings. The van der Waals surface area contributed by atoms with E-state index in [0.29, 0.717) is 12.1 Å². The zero-order valence-electron chi connectivity index (χ0n) is 11.8. The molecule has 1 saturated heterocycles. The SMILES string of the molecule is CCC1(C)C(=O)NC(=O)N1CC(=O)Nc1ccccc1Br. The molecule has 0 aromatic heterocycles. The number of amides is 4. The number of carbonyl (C=O) groups excluding carboxylic acids is 3. The first-order valence-electron chi connectivity index (χ1n) is 6.56. The van der Waals surface area contributed by atoms with E-state index in [4.69, 9.17) is 0 Å². The predicted octanol–water partition coefficient (Wildman–Crippen LogP) is 2.11. The first kappa shape index (κ1) is 15.5. The number of rotatable bonds is 4. The fraction of sp³-hybridized carbons (Fsp3) is 0.357. The van der Waals surface area contributed by atoms with E-state index in [1.54, 1.807) is 32.0 Å². The summed E-state index contributed by atoms with van der Waals surface area (Å²) in [5.41, 5.74) is -0.367. The standard InChI is InChI=1S/C14H16BrN3O3/c1-3-14(2)12(20)17-13(21)18(14)8-11(19)16-10-7-5-4-6-9(10)15/h4-7H,3,8H2,1-2H3,(H,16,19)(H,17,20,21). The van der Waals surface area contributed by atoms with Gasteiger partial charge in [-0.3, -0.25) is 14.9 Å². The lowest BCUT2D eigenvalue weighted by molar-refractivity contribution is -0.127. The molecule has 2 N–H and O–H groups in total. The summed E-state index contributed by atoms with van der Waals surface area (Å²) in [6.07, 6.45) is 0.437. The van der Waals surface area contributed by atoms with E-state index in [9.17, 15) is 14.4 Å². The summed E-state index contributed by atoms with van der Waals surface area (Å²) in [6.45, 7) is 3.28. The number of imide groups is 1. The second-order valence-electron chi connectivity index (χ2n) is 5.00. The molecule has 0 bridgehead atoms. The number of halogens is 1. The molecular weight excluding hydrogens is 338 g/mol. The quantitative estimate of drug-likeness (QED) is 0.813. The van der Waals surface area contributed by atoms with Crippen LogP contribution in [0.1, 0.15) is 20.3 Å². The first-order chi connectivity index (χ1) is 9.88. The zero-order chi connectivity index (χ0) is 15.6. The van der Waals surface area contributed by atoms with Crippen LogP contribution >= 0.6 is 15.9 Å². The second-order valence-corrected chi connectivity index (χ2v) is 5.86. The first-order valence-corrected chi connectivity index (χ1v) is 7.35. The van der Waals surface area contributed by atoms with Crippen molar-refractivity contribution in [1.29, 1.82) is 0 Å². The van der Waals surface area contributed by atoms with E-state index in [1.165, 1.54) is 4.90 Å². The highest BCUT2D eigenvalue weighted by atomic mass is 79.9. The lowest BCUT2D eigenvalue weighted by Gasteiger charge is -2.30. The third kappa shape index (κ3) is 2.92. The van der Waals surface area contributed by atoms with Crippen molar-refractivity contribution < 1.29 is 14.4 Å². The van der Waals surface area contributed by atoms with Gasteiger partial charge in [-0.2, -0.15) is 0 Å². The molecule has 1 unspecified atom stereocenters. The van der Waals surface area contributed by atoms with Crippen molar-refractivity contribution >= 4 is 39.5 Å². The maximum Gasteiger partial charge on any atom is 0.325 e. The molecule has 6 nitrogen and oxygen atoms in total. The number of para-hydroxylation sites is 1. The molecule has 7 heteroatoms. The molecule has 0 radical (unpaired) electrons. The summed E-state index contributed by atoms with van der Waals surface area (Å²) in [5, 5.41) is 4.96. The van der Waals surface area contributed by atoms with Crippen LogP contribution in [0.2, 0.25) is 0 Å². The van der Waals surface area contributed by atoms with Crippen LogP contribution < -0.4 is 10.6 Å². The van der Waals surface area contributed by atoms with E-state index >= 15 is 0 Å². The Bertz CT molecular complexity index is 605. The smallest absolute Gasteiger partial charge is 0.324 e. The lowest BCUT2D eigenvalue weighted by atomic mass is 9.97. The minimum absolute atomic E-state index is 0.177. The van der Waals surface area contributed by atoms with Crippen molar-refractivity contribution in [1.82, 2.24) is 10.2 Å². The third-order valence-corrected chi connectivity index (χ3v) is 4.38. The Morgan fingerprint density at radius 1 is 1.38 bits per heavy atom. The largest absolute Gasteiger partial charge is 0.325 e. The number of anilines is 1. The molecule has 4 amide bonds. The van der Waals surface area contributed by atoms with Crippen LogP contribution in [-0.2, 0) is 9.59 Å². The summed E-state index contributed by atoms with van der Waals surface area (Å²) in [4.78, 5) is 37.0. The van der Waals surface area contributed by atoms with Gasteiger partial charge in [0.15, 0.2) is 0 Å². The highest BCUT2D eigenvalue weighted by molar-refractivity contribution is 9.10. The Morgan fingerprint density at radius 2 is 2.05 bits per heavy atom. The number of urea groups is 1. The number of hydrogen-bond acceptors (Lipinski definition) is 3. The van der Waals surface area contributed by atoms with Crippen LogP contribution in [0.15, 0.2) is 28.7 Å². The summed E-state index contributed by atoms with van der Waals surface area (Å²) in [6, 6.07) is 6.64. The molecule has 1 heterocycles. The normalized spacial score (nSPS) is 21.4. The Labute approximate surface area is 131 Å². The molecular formula is C14H16BrN3O3. The number of carbonyl (C=O) groups is 3. The van der Waals surface area contributed by atoms with Gasteiger partial charge in [-0.25, -0.2) is 4.79 Å². The van der Waals surface area contributed by atoms with E-state index < -0.39 is 11.6 Å². The number of benzene rings is 1. The van der Waals surface area contributed by atoms with Gasteiger partial charge in [0, 0.05) is 4.47 Å². The highest BCUT2D eigenvalue weighted by Crippen LogP contribution is 2.25. The van der Waals surface area contributed by atoms with Crippen LogP contribution in [0.4, 0.5) is 10.5 Å². The molecule has 0 aliphatic carbocycles. The topological polar surface area (TPSA) is 78.5 Å². The molecule has 0 saturated carbocycles. The average molecular weight is 354 g/mol. The number of nitrogens with one attached hydrogen (secondary N) is 2. The molecule has 112 valence electrons. The van der Waals surface area contributed by atoms with Crippen LogP contribution in [0.5, 0.6) is 0 Å². The van der Waals surface area contributed by atoms with Crippen LogP contribution in [0.3, 0.4) is 0 Å². The van der Waals surface area contributed by atoms with E-state index in [1.807, 2.05) is 6.07 Å². The van der Waals surface area contributed by atoms with Gasteiger partial charge >= 0.3 is 6.03 Å². The monoisotopic (exact) mass is 353 g/mol. The molecule has 1 aliphatic rings. The summed E-state index contributed by atoms with van der Waals surface area (Å²) in [5.74, 6) is -0.727. The summed E-state index contributed by atoms with van der Waals surface area (Å²) >= 11 is 3.33. The van der Waals surface area contributed by atoms with Gasteiger partial charge in [0.05, 0.1) is 5.69 Å². The molecule has 1 aromatic carbocycles. The Balaban J connectivity index is 2.10. The minimum Gasteiger partial charge on any atom is -0.324 e. The van der Waals surface area contributed by atoms with Gasteiger partial charge in [-0.1, -0.05) is 19.1 Å². The van der Waals surface area contributed by atoms with Gasteiger partial charge in [-0.05, 0) is 41.4 Å². The predicted molar refractivity (Wildman–Crippen MR) is 81.7 cm³/mol. The van der Waals surface area contributed by atoms with E-state index in [0.717, 1.165) is 4.47 Å². The zero-order valence-corrected chi connectivity index (χ0v) is 13.4. The van der Waals surface area contributed by atoms with Gasteiger partial charge in [0.2, 0.25) is 5.91 Å². The maximum atomic E-state index is 12.1. The minimum atomic E-state index is -0.984. The van der Waals surface area contributed by atoms with Crippen molar-refractivity contribution in [2.24, 2.45) is 0 Å². The van der Waals surface area contributed by atoms with Crippen LogP contribution in [-0.4, -0.2) is 34.8 Å². The Hall–Kier alpha value is -1.89. The van der Waals surface area contributed by atoms with Gasteiger partial charge in [0.25, 0.3) is 5.91 Å². The van der Waals surface area contributed by atoms with Crippen molar-refractivity contribution in [3.63, 3.8) is 0 Å². The Morgan fingerprint density at radius 3 is 2.67 bits per heavy atom. The fourth-order valence-corrected chi connectivity index (χ4v) is 2.52. The fourth-order valence-electron chi connectivity index (χ4n) is 2.14. The third-order valence-electron chi connectivity index (χ3n) is 3.69. The van der Waals surface area contributed by atoms with Gasteiger partial charge in [0.1, 0.15) is 12.1 Å². The van der Waals surface area contributed by atoms with Crippen LogP contribution in [0, 0.1) is 0 Å². The second kappa shape index (κ2) is 5.85. The summed E-state index contributed by atoms with van der Waals surface area (Å²) < 4.78 is 0.749. The highest BCUT2D eigenvalue weighted by Gasteiger charge is 2.48. The molecule has 21 heavy (non-hydrogen) atoms. The van der Waals surface area contributed by atoms with Crippen molar-refractivity contribution in [3.05, 3.63) is 28.7 Å². The molecule has 2 rings (SSSR count).